The van der Waals surface area contributed by atoms with E-state index in [0.29, 0.717) is 6.04 Å². The van der Waals surface area contributed by atoms with Crippen LogP contribution in [0.15, 0.2) is 18.2 Å². The van der Waals surface area contributed by atoms with Crippen LogP contribution in [0, 0.1) is 6.92 Å². The third-order valence-corrected chi connectivity index (χ3v) is 3.76. The minimum Gasteiger partial charge on any atom is -0.399 e. The SMILES string of the molecule is Cc1ccc(N)cc1N(C)C1CCCN(C)C1. The predicted molar refractivity (Wildman–Crippen MR) is 74.5 cm³/mol. The highest BCUT2D eigenvalue weighted by Crippen LogP contribution is 2.26. The van der Waals surface area contributed by atoms with Gasteiger partial charge in [0, 0.05) is 31.0 Å². The number of hydrogen-bond acceptors (Lipinski definition) is 3. The van der Waals surface area contributed by atoms with E-state index in [1.165, 1.54) is 30.6 Å². The number of hydrogen-bond donors (Lipinski definition) is 1. The Morgan fingerprint density at radius 3 is 2.88 bits per heavy atom. The first kappa shape index (κ1) is 12.2. The van der Waals surface area contributed by atoms with Crippen LogP contribution in [-0.2, 0) is 0 Å². The molecule has 1 aliphatic rings. The van der Waals surface area contributed by atoms with Crippen molar-refractivity contribution in [3.63, 3.8) is 0 Å². The summed E-state index contributed by atoms with van der Waals surface area (Å²) in [5.41, 5.74) is 9.30. The highest BCUT2D eigenvalue weighted by molar-refractivity contribution is 5.61. The van der Waals surface area contributed by atoms with E-state index in [9.17, 15) is 0 Å². The minimum absolute atomic E-state index is 0.606. The van der Waals surface area contributed by atoms with Gasteiger partial charge in [0.15, 0.2) is 0 Å². The van der Waals surface area contributed by atoms with Crippen molar-refractivity contribution in [3.05, 3.63) is 23.8 Å². The van der Waals surface area contributed by atoms with Gasteiger partial charge in [-0.1, -0.05) is 6.07 Å². The lowest BCUT2D eigenvalue weighted by Crippen LogP contribution is -2.45. The molecule has 2 N–H and O–H groups in total. The number of piperidine rings is 1. The molecule has 0 bridgehead atoms. The Morgan fingerprint density at radius 1 is 1.41 bits per heavy atom. The number of anilines is 2. The lowest BCUT2D eigenvalue weighted by atomic mass is 10.0. The lowest BCUT2D eigenvalue weighted by Gasteiger charge is -2.37. The Bertz CT molecular complexity index is 389. The zero-order valence-electron chi connectivity index (χ0n) is 11.1. The predicted octanol–water partition coefficient (Wildman–Crippen LogP) is 2.11. The van der Waals surface area contributed by atoms with E-state index in [0.717, 1.165) is 12.2 Å². The van der Waals surface area contributed by atoms with E-state index >= 15 is 0 Å². The van der Waals surface area contributed by atoms with Crippen LogP contribution in [0.5, 0.6) is 0 Å². The van der Waals surface area contributed by atoms with E-state index in [2.05, 4.69) is 43.0 Å². The number of nitrogens with two attached hydrogens (primary N) is 1. The summed E-state index contributed by atoms with van der Waals surface area (Å²) in [6, 6.07) is 6.77. The van der Waals surface area contributed by atoms with Crippen molar-refractivity contribution in [2.24, 2.45) is 0 Å². The van der Waals surface area contributed by atoms with Crippen molar-refractivity contribution in [2.45, 2.75) is 25.8 Å². The summed E-state index contributed by atoms with van der Waals surface area (Å²) in [6.45, 7) is 4.52. The number of nitrogen functional groups attached to an aromatic ring is 1. The number of aryl methyl sites for hydroxylation is 1. The number of likely N-dealkylation sites (tertiary alicyclic amines) is 1. The largest absolute Gasteiger partial charge is 0.399 e. The highest BCUT2D eigenvalue weighted by atomic mass is 15.2. The van der Waals surface area contributed by atoms with Crippen molar-refractivity contribution in [1.29, 1.82) is 0 Å². The van der Waals surface area contributed by atoms with Crippen LogP contribution in [-0.4, -0.2) is 38.1 Å². The van der Waals surface area contributed by atoms with Crippen LogP contribution in [0.2, 0.25) is 0 Å². The van der Waals surface area contributed by atoms with Gasteiger partial charge in [-0.2, -0.15) is 0 Å². The lowest BCUT2D eigenvalue weighted by molar-refractivity contribution is 0.248. The molecule has 0 amide bonds. The van der Waals surface area contributed by atoms with E-state index in [1.807, 2.05) is 6.07 Å². The molecule has 3 nitrogen and oxygen atoms in total. The van der Waals surface area contributed by atoms with Gasteiger partial charge >= 0.3 is 0 Å². The molecule has 1 heterocycles. The third-order valence-electron chi connectivity index (χ3n) is 3.76. The molecule has 1 aromatic rings. The molecule has 1 unspecified atom stereocenters. The van der Waals surface area contributed by atoms with Crippen LogP contribution in [0.1, 0.15) is 18.4 Å². The van der Waals surface area contributed by atoms with Crippen molar-refractivity contribution in [3.8, 4) is 0 Å². The Hall–Kier alpha value is -1.22. The Balaban J connectivity index is 2.18. The van der Waals surface area contributed by atoms with Gasteiger partial charge in [-0.05, 0) is 51.1 Å². The molecule has 0 radical (unpaired) electrons. The number of nitrogens with zero attached hydrogens (tertiary/aromatic N) is 2. The molecule has 94 valence electrons. The van der Waals surface area contributed by atoms with Crippen LogP contribution >= 0.6 is 0 Å². The zero-order valence-corrected chi connectivity index (χ0v) is 11.1. The summed E-state index contributed by atoms with van der Waals surface area (Å²) in [6.07, 6.45) is 2.56. The van der Waals surface area contributed by atoms with Gasteiger partial charge in [-0.15, -0.1) is 0 Å². The minimum atomic E-state index is 0.606. The average Bonchev–Trinajstić information content (AvgIpc) is 2.31. The van der Waals surface area contributed by atoms with Crippen molar-refractivity contribution < 1.29 is 0 Å². The number of likely N-dealkylation sites (N-methyl/N-ethyl adjacent to an activating group) is 2. The molecular formula is C14H23N3. The van der Waals surface area contributed by atoms with Gasteiger partial charge < -0.3 is 15.5 Å². The fraction of sp³-hybridized carbons (Fsp3) is 0.571. The summed E-state index contributed by atoms with van der Waals surface area (Å²) in [4.78, 5) is 4.80. The molecule has 0 spiro atoms. The molecular weight excluding hydrogens is 210 g/mol. The summed E-state index contributed by atoms with van der Waals surface area (Å²) in [5, 5.41) is 0. The van der Waals surface area contributed by atoms with Gasteiger partial charge in [-0.3, -0.25) is 0 Å². The van der Waals surface area contributed by atoms with Crippen molar-refractivity contribution in [1.82, 2.24) is 4.90 Å². The summed E-state index contributed by atoms with van der Waals surface area (Å²) >= 11 is 0. The van der Waals surface area contributed by atoms with E-state index < -0.39 is 0 Å². The van der Waals surface area contributed by atoms with Gasteiger partial charge in [0.2, 0.25) is 0 Å². The van der Waals surface area contributed by atoms with E-state index in [1.54, 1.807) is 0 Å². The Labute approximate surface area is 104 Å². The molecule has 2 rings (SSSR count). The number of rotatable bonds is 2. The smallest absolute Gasteiger partial charge is 0.0416 e. The topological polar surface area (TPSA) is 32.5 Å². The standard InChI is InChI=1S/C14H23N3/c1-11-6-7-12(15)9-14(11)17(3)13-5-4-8-16(2)10-13/h6-7,9,13H,4-5,8,10,15H2,1-3H3. The quantitative estimate of drug-likeness (QED) is 0.794. The summed E-state index contributed by atoms with van der Waals surface area (Å²) in [7, 11) is 4.39. The molecule has 0 aromatic heterocycles. The first-order chi connectivity index (χ1) is 8.08. The molecule has 0 saturated carbocycles. The maximum atomic E-state index is 5.89. The number of benzene rings is 1. The van der Waals surface area contributed by atoms with Crippen LogP contribution in [0.4, 0.5) is 11.4 Å². The third kappa shape index (κ3) is 2.72. The fourth-order valence-corrected chi connectivity index (χ4v) is 2.66. The Kier molecular flexibility index (Phi) is 3.57. The maximum absolute atomic E-state index is 5.89. The first-order valence-electron chi connectivity index (χ1n) is 6.35. The van der Waals surface area contributed by atoms with Crippen LogP contribution in [0.3, 0.4) is 0 Å². The average molecular weight is 233 g/mol. The first-order valence-corrected chi connectivity index (χ1v) is 6.35. The normalized spacial score (nSPS) is 21.5. The Morgan fingerprint density at radius 2 is 2.18 bits per heavy atom. The molecule has 1 saturated heterocycles. The molecule has 1 aromatic carbocycles. The van der Waals surface area contributed by atoms with Gasteiger partial charge in [0.05, 0.1) is 0 Å². The molecule has 17 heavy (non-hydrogen) atoms. The second-order valence-corrected chi connectivity index (χ2v) is 5.22. The molecule has 1 aliphatic heterocycles. The van der Waals surface area contributed by atoms with E-state index in [4.69, 9.17) is 5.73 Å². The van der Waals surface area contributed by atoms with Gasteiger partial charge in [0.25, 0.3) is 0 Å². The highest BCUT2D eigenvalue weighted by Gasteiger charge is 2.22. The van der Waals surface area contributed by atoms with Crippen LogP contribution < -0.4 is 10.6 Å². The van der Waals surface area contributed by atoms with Crippen molar-refractivity contribution in [2.75, 3.05) is 37.8 Å². The molecule has 0 aliphatic carbocycles. The zero-order chi connectivity index (χ0) is 12.4. The van der Waals surface area contributed by atoms with Crippen LogP contribution in [0.25, 0.3) is 0 Å². The molecule has 1 fully saturated rings. The summed E-state index contributed by atoms with van der Waals surface area (Å²) in [5.74, 6) is 0. The van der Waals surface area contributed by atoms with Gasteiger partial charge in [-0.25, -0.2) is 0 Å². The second-order valence-electron chi connectivity index (χ2n) is 5.22. The molecule has 1 atom stereocenters. The fourth-order valence-electron chi connectivity index (χ4n) is 2.66. The molecule has 3 heteroatoms. The summed E-state index contributed by atoms with van der Waals surface area (Å²) < 4.78 is 0. The maximum Gasteiger partial charge on any atom is 0.0416 e. The second kappa shape index (κ2) is 4.96. The van der Waals surface area contributed by atoms with Crippen molar-refractivity contribution >= 4 is 11.4 Å². The van der Waals surface area contributed by atoms with Gasteiger partial charge in [0.1, 0.15) is 0 Å². The van der Waals surface area contributed by atoms with E-state index in [-0.39, 0.29) is 0 Å². The monoisotopic (exact) mass is 233 g/mol.